The van der Waals surface area contributed by atoms with Gasteiger partial charge in [0, 0.05) is 23.9 Å². The van der Waals surface area contributed by atoms with Gasteiger partial charge in [-0.15, -0.1) is 0 Å². The number of carbonyl (C=O) groups is 1. The molecule has 1 N–H and O–H groups in total. The number of hydrogen-bond donors (Lipinski definition) is 1. The van der Waals surface area contributed by atoms with E-state index in [0.717, 1.165) is 28.2 Å². The summed E-state index contributed by atoms with van der Waals surface area (Å²) >= 11 is 0. The predicted octanol–water partition coefficient (Wildman–Crippen LogP) is 5.03. The number of methoxy groups -OCH3 is 1. The summed E-state index contributed by atoms with van der Waals surface area (Å²) in [6.07, 6.45) is 0. The first-order valence-electron chi connectivity index (χ1n) is 10.4. The van der Waals surface area contributed by atoms with Crippen molar-refractivity contribution in [1.82, 2.24) is 4.57 Å². The molecule has 0 bridgehead atoms. The van der Waals surface area contributed by atoms with E-state index < -0.39 is 5.97 Å². The number of phenols is 1. The topological polar surface area (TPSA) is 69.9 Å². The number of rotatable bonds is 8. The van der Waals surface area contributed by atoms with Gasteiger partial charge in [0.25, 0.3) is 0 Å². The summed E-state index contributed by atoms with van der Waals surface area (Å²) < 4.78 is 18.2. The van der Waals surface area contributed by atoms with Crippen molar-refractivity contribution in [2.24, 2.45) is 0 Å². The molecule has 4 aromatic rings. The second-order valence-corrected chi connectivity index (χ2v) is 7.39. The van der Waals surface area contributed by atoms with Gasteiger partial charge in [-0.3, -0.25) is 0 Å². The van der Waals surface area contributed by atoms with Crippen LogP contribution in [0.25, 0.3) is 16.6 Å². The summed E-state index contributed by atoms with van der Waals surface area (Å²) in [5.41, 5.74) is 3.93. The van der Waals surface area contributed by atoms with Crippen LogP contribution in [0.2, 0.25) is 0 Å². The number of aromatic hydroxyl groups is 1. The zero-order chi connectivity index (χ0) is 22.5. The molecular weight excluding hydrogens is 406 g/mol. The molecule has 0 fully saturated rings. The predicted molar refractivity (Wildman–Crippen MR) is 123 cm³/mol. The molecular formula is C26H25NO5. The van der Waals surface area contributed by atoms with Crippen LogP contribution in [0.1, 0.15) is 21.6 Å². The van der Waals surface area contributed by atoms with Gasteiger partial charge in [-0.05, 0) is 55.0 Å². The number of fused-ring (bicyclic) bond motifs is 1. The number of phenolic OH excluding ortho intramolecular Hbond substituents is 1. The molecule has 0 spiro atoms. The molecule has 0 saturated heterocycles. The average molecular weight is 431 g/mol. The average Bonchev–Trinajstić information content (AvgIpc) is 3.09. The Balaban J connectivity index is 1.65. The largest absolute Gasteiger partial charge is 0.508 e. The van der Waals surface area contributed by atoms with E-state index in [9.17, 15) is 9.90 Å². The Morgan fingerprint density at radius 2 is 1.72 bits per heavy atom. The summed E-state index contributed by atoms with van der Waals surface area (Å²) in [7, 11) is 1.55. The Morgan fingerprint density at radius 3 is 2.44 bits per heavy atom. The molecule has 0 saturated carbocycles. The minimum absolute atomic E-state index is 0.0882. The second-order valence-electron chi connectivity index (χ2n) is 7.39. The monoisotopic (exact) mass is 431 g/mol. The third-order valence-electron chi connectivity index (χ3n) is 5.26. The first-order valence-corrected chi connectivity index (χ1v) is 10.4. The highest BCUT2D eigenvalue weighted by Gasteiger charge is 2.22. The standard InChI is InChI=1S/C26H25NO5/c1-18-25(26(29)31-15-14-30-2)23-16-21(28)10-13-24(23)27(18)20-8-11-22(12-9-20)32-17-19-6-4-3-5-7-19/h3-13,16,28H,14-15,17H2,1-2H3. The van der Waals surface area contributed by atoms with Crippen LogP contribution in [0.15, 0.2) is 72.8 Å². The normalized spacial score (nSPS) is 10.9. The lowest BCUT2D eigenvalue weighted by molar-refractivity contribution is 0.0389. The summed E-state index contributed by atoms with van der Waals surface area (Å²) in [5, 5.41) is 10.6. The zero-order valence-corrected chi connectivity index (χ0v) is 18.1. The van der Waals surface area contributed by atoms with Gasteiger partial charge < -0.3 is 23.9 Å². The SMILES string of the molecule is COCCOC(=O)c1c(C)n(-c2ccc(OCc3ccccc3)cc2)c2ccc(O)cc12. The minimum Gasteiger partial charge on any atom is -0.508 e. The molecule has 6 nitrogen and oxygen atoms in total. The number of carbonyl (C=O) groups excluding carboxylic acids is 1. The number of nitrogens with zero attached hydrogens (tertiary/aromatic N) is 1. The smallest absolute Gasteiger partial charge is 0.340 e. The van der Waals surface area contributed by atoms with E-state index in [1.165, 1.54) is 0 Å². The van der Waals surface area contributed by atoms with Gasteiger partial charge in [0.2, 0.25) is 0 Å². The highest BCUT2D eigenvalue weighted by atomic mass is 16.6. The van der Waals surface area contributed by atoms with Crippen LogP contribution < -0.4 is 4.74 Å². The highest BCUT2D eigenvalue weighted by molar-refractivity contribution is 6.07. The molecule has 0 aliphatic heterocycles. The van der Waals surface area contributed by atoms with E-state index in [2.05, 4.69) is 0 Å². The van der Waals surface area contributed by atoms with E-state index in [1.807, 2.05) is 66.1 Å². The molecule has 1 heterocycles. The number of hydrogen-bond acceptors (Lipinski definition) is 5. The van der Waals surface area contributed by atoms with Crippen molar-refractivity contribution in [2.75, 3.05) is 20.3 Å². The molecule has 164 valence electrons. The first-order chi connectivity index (χ1) is 15.6. The van der Waals surface area contributed by atoms with Gasteiger partial charge in [0.05, 0.1) is 17.7 Å². The third-order valence-corrected chi connectivity index (χ3v) is 5.26. The Labute approximate surface area is 186 Å². The van der Waals surface area contributed by atoms with Gasteiger partial charge in [-0.25, -0.2) is 4.79 Å². The molecule has 0 atom stereocenters. The van der Waals surface area contributed by atoms with Gasteiger partial charge in [-0.2, -0.15) is 0 Å². The van der Waals surface area contributed by atoms with Gasteiger partial charge >= 0.3 is 5.97 Å². The Morgan fingerprint density at radius 1 is 0.969 bits per heavy atom. The van der Waals surface area contributed by atoms with Gasteiger partial charge in [0.1, 0.15) is 24.7 Å². The van der Waals surface area contributed by atoms with Crippen LogP contribution in [0.4, 0.5) is 0 Å². The lowest BCUT2D eigenvalue weighted by Crippen LogP contribution is -2.11. The van der Waals surface area contributed by atoms with Crippen molar-refractivity contribution >= 4 is 16.9 Å². The van der Waals surface area contributed by atoms with Crippen LogP contribution in [-0.2, 0) is 16.1 Å². The van der Waals surface area contributed by atoms with Crippen LogP contribution in [-0.4, -0.2) is 36.0 Å². The molecule has 4 rings (SSSR count). The van der Waals surface area contributed by atoms with Crippen molar-refractivity contribution in [1.29, 1.82) is 0 Å². The Bertz CT molecular complexity index is 1210. The number of aromatic nitrogens is 1. The van der Waals surface area contributed by atoms with Crippen molar-refractivity contribution < 1.29 is 24.1 Å². The van der Waals surface area contributed by atoms with Crippen molar-refractivity contribution in [3.8, 4) is 17.2 Å². The molecule has 0 unspecified atom stereocenters. The molecule has 0 radical (unpaired) electrons. The fourth-order valence-corrected chi connectivity index (χ4v) is 3.72. The quantitative estimate of drug-likeness (QED) is 0.313. The number of benzene rings is 3. The van der Waals surface area contributed by atoms with Crippen LogP contribution in [0, 0.1) is 6.92 Å². The first kappa shape index (κ1) is 21.5. The molecule has 3 aromatic carbocycles. The molecule has 0 aliphatic rings. The van der Waals surface area contributed by atoms with E-state index in [-0.39, 0.29) is 12.4 Å². The summed E-state index contributed by atoms with van der Waals surface area (Å²) in [6.45, 7) is 2.83. The molecule has 32 heavy (non-hydrogen) atoms. The van der Waals surface area contributed by atoms with Crippen LogP contribution >= 0.6 is 0 Å². The maximum absolute atomic E-state index is 12.8. The van der Waals surface area contributed by atoms with E-state index in [0.29, 0.717) is 24.2 Å². The molecule has 0 amide bonds. The van der Waals surface area contributed by atoms with Crippen molar-refractivity contribution in [3.63, 3.8) is 0 Å². The fourth-order valence-electron chi connectivity index (χ4n) is 3.72. The maximum atomic E-state index is 12.8. The summed E-state index contributed by atoms with van der Waals surface area (Å²) in [6, 6.07) is 22.7. The van der Waals surface area contributed by atoms with Crippen molar-refractivity contribution in [2.45, 2.75) is 13.5 Å². The lowest BCUT2D eigenvalue weighted by atomic mass is 10.1. The van der Waals surface area contributed by atoms with Crippen molar-refractivity contribution in [3.05, 3.63) is 89.6 Å². The van der Waals surface area contributed by atoms with Crippen LogP contribution in [0.3, 0.4) is 0 Å². The molecule has 0 aliphatic carbocycles. The van der Waals surface area contributed by atoms with Gasteiger partial charge in [0.15, 0.2) is 0 Å². The lowest BCUT2D eigenvalue weighted by Gasteiger charge is -2.11. The van der Waals surface area contributed by atoms with Gasteiger partial charge in [-0.1, -0.05) is 30.3 Å². The summed E-state index contributed by atoms with van der Waals surface area (Å²) in [4.78, 5) is 12.8. The zero-order valence-electron chi connectivity index (χ0n) is 18.1. The minimum atomic E-state index is -0.447. The third kappa shape index (κ3) is 4.45. The Hall–Kier alpha value is -3.77. The molecule has 6 heteroatoms. The highest BCUT2D eigenvalue weighted by Crippen LogP contribution is 2.32. The number of ether oxygens (including phenoxy) is 3. The van der Waals surface area contributed by atoms with Crippen LogP contribution in [0.5, 0.6) is 11.5 Å². The fraction of sp³-hybridized carbons (Fsp3) is 0.192. The maximum Gasteiger partial charge on any atom is 0.340 e. The number of esters is 1. The van der Waals surface area contributed by atoms with E-state index >= 15 is 0 Å². The molecule has 1 aromatic heterocycles. The summed E-state index contributed by atoms with van der Waals surface area (Å²) in [5.74, 6) is 0.394. The van der Waals surface area contributed by atoms with E-state index in [4.69, 9.17) is 14.2 Å². The van der Waals surface area contributed by atoms with E-state index in [1.54, 1.807) is 25.3 Å². The second kappa shape index (κ2) is 9.58. The Kier molecular flexibility index (Phi) is 6.42.